The molecular weight excluding hydrogens is 202 g/mol. The molecule has 0 heterocycles. The molecule has 0 aromatic heterocycles. The molecule has 0 fully saturated rings. The average Bonchev–Trinajstić information content (AvgIpc) is 1.81. The van der Waals surface area contributed by atoms with E-state index in [9.17, 15) is 4.21 Å². The lowest BCUT2D eigenvalue weighted by molar-refractivity contribution is -0.321. The Morgan fingerprint density at radius 1 is 1.54 bits per heavy atom. The first-order valence-corrected chi connectivity index (χ1v) is 4.48. The molecule has 0 aliphatic carbocycles. The summed E-state index contributed by atoms with van der Waals surface area (Å²) in [6, 6.07) is 0. The van der Waals surface area contributed by atoms with E-state index >= 15 is 0 Å². The molecular formula is C5H13NO6S. The van der Waals surface area contributed by atoms with Gasteiger partial charge in [-0.3, -0.25) is 8.74 Å². The highest BCUT2D eigenvalue weighted by atomic mass is 32.2. The van der Waals surface area contributed by atoms with Gasteiger partial charge in [-0.05, 0) is 7.05 Å². The summed E-state index contributed by atoms with van der Waals surface area (Å²) < 4.78 is 22.9. The second kappa shape index (κ2) is 5.60. The van der Waals surface area contributed by atoms with Crippen LogP contribution in [0.25, 0.3) is 0 Å². The Balaban J connectivity index is 4.01. The number of aliphatic hydroxyl groups is 3. The lowest BCUT2D eigenvalue weighted by Gasteiger charge is -2.20. The van der Waals surface area contributed by atoms with Crippen LogP contribution in [0, 0.1) is 0 Å². The van der Waals surface area contributed by atoms with E-state index in [-0.39, 0.29) is 6.54 Å². The minimum Gasteiger partial charge on any atom is -0.344 e. The van der Waals surface area contributed by atoms with Crippen LogP contribution in [-0.4, -0.2) is 49.8 Å². The van der Waals surface area contributed by atoms with Crippen molar-refractivity contribution in [3.05, 3.63) is 0 Å². The summed E-state index contributed by atoms with van der Waals surface area (Å²) in [4.78, 5) is 0. The van der Waals surface area contributed by atoms with E-state index in [0.717, 1.165) is 0 Å². The minimum atomic E-state index is -2.90. The smallest absolute Gasteiger partial charge is 0.302 e. The Morgan fingerprint density at radius 3 is 2.38 bits per heavy atom. The van der Waals surface area contributed by atoms with Crippen LogP contribution in [-0.2, 0) is 15.5 Å². The molecule has 0 amide bonds. The molecule has 8 heteroatoms. The second-order valence-corrected chi connectivity index (χ2v) is 3.10. The Hall–Kier alpha value is -0.0900. The molecule has 0 radical (unpaired) electrons. The fourth-order valence-corrected chi connectivity index (χ4v) is 1.16. The summed E-state index contributed by atoms with van der Waals surface area (Å²) in [5.74, 6) is -2.90. The number of hydrogen-bond acceptors (Lipinski definition) is 6. The quantitative estimate of drug-likeness (QED) is 0.251. The predicted molar refractivity (Wildman–Crippen MR) is 43.6 cm³/mol. The third-order valence-electron chi connectivity index (χ3n) is 1.15. The van der Waals surface area contributed by atoms with Crippen LogP contribution in [0.1, 0.15) is 6.42 Å². The molecule has 0 spiro atoms. The maximum Gasteiger partial charge on any atom is 0.302 e. The number of rotatable bonds is 6. The summed E-state index contributed by atoms with van der Waals surface area (Å²) >= 11 is -2.51. The highest BCUT2D eigenvalue weighted by molar-refractivity contribution is 7.74. The van der Waals surface area contributed by atoms with Crippen molar-refractivity contribution in [2.45, 2.75) is 18.5 Å². The lowest BCUT2D eigenvalue weighted by Crippen LogP contribution is -2.38. The fourth-order valence-electron chi connectivity index (χ4n) is 0.790. The van der Waals surface area contributed by atoms with Crippen LogP contribution < -0.4 is 5.32 Å². The van der Waals surface area contributed by atoms with Crippen molar-refractivity contribution in [1.29, 1.82) is 0 Å². The third kappa shape index (κ3) is 8.25. The van der Waals surface area contributed by atoms with Crippen LogP contribution in [0.2, 0.25) is 0 Å². The molecule has 0 rings (SSSR count). The summed E-state index contributed by atoms with van der Waals surface area (Å²) in [6.07, 6.45) is -1.55. The zero-order valence-corrected chi connectivity index (χ0v) is 7.82. The van der Waals surface area contributed by atoms with E-state index < -0.39 is 29.9 Å². The maximum absolute atomic E-state index is 10.2. The van der Waals surface area contributed by atoms with E-state index in [1.165, 1.54) is 0 Å². The predicted octanol–water partition coefficient (Wildman–Crippen LogP) is -2.25. The Kier molecular flexibility index (Phi) is 5.56. The van der Waals surface area contributed by atoms with Gasteiger partial charge in [-0.15, -0.1) is 0 Å². The molecule has 0 saturated heterocycles. The van der Waals surface area contributed by atoms with E-state index in [1.807, 2.05) is 0 Å². The van der Waals surface area contributed by atoms with Crippen molar-refractivity contribution in [3.63, 3.8) is 0 Å². The van der Waals surface area contributed by atoms with Crippen LogP contribution in [0.4, 0.5) is 0 Å². The zero-order chi connectivity index (χ0) is 10.5. The van der Waals surface area contributed by atoms with Gasteiger partial charge in [-0.25, -0.2) is 0 Å². The van der Waals surface area contributed by atoms with Gasteiger partial charge < -0.3 is 20.6 Å². The van der Waals surface area contributed by atoms with Gasteiger partial charge in [-0.2, -0.15) is 4.21 Å². The van der Waals surface area contributed by atoms with Gasteiger partial charge in [0.2, 0.25) is 0 Å². The summed E-state index contributed by atoms with van der Waals surface area (Å²) in [7, 11) is 1.55. The summed E-state index contributed by atoms with van der Waals surface area (Å²) in [5, 5.41) is 28.2. The number of hydrogen-bond donors (Lipinski definition) is 5. The van der Waals surface area contributed by atoms with Crippen LogP contribution in [0.3, 0.4) is 0 Å². The third-order valence-corrected chi connectivity index (χ3v) is 1.59. The number of likely N-dealkylation sites (N-methyl/N-ethyl adjacent to an activating group) is 1. The van der Waals surface area contributed by atoms with Gasteiger partial charge in [0.05, 0.1) is 12.5 Å². The Morgan fingerprint density at radius 2 is 2.08 bits per heavy atom. The highest BCUT2D eigenvalue weighted by Crippen LogP contribution is 2.08. The Labute approximate surface area is 77.8 Å². The standard InChI is InChI=1S/C5H13NO6S/c1-6-3-4(12-13(10)11)2-5(7,8)9/h4,6-9H,2-3H2,1H3,(H,10,11). The van der Waals surface area contributed by atoms with Crippen molar-refractivity contribution in [1.82, 2.24) is 5.32 Å². The molecule has 0 aromatic carbocycles. The van der Waals surface area contributed by atoms with Crippen molar-refractivity contribution in [2.75, 3.05) is 13.6 Å². The molecule has 13 heavy (non-hydrogen) atoms. The lowest BCUT2D eigenvalue weighted by atomic mass is 10.2. The fraction of sp³-hybridized carbons (Fsp3) is 1.00. The maximum atomic E-state index is 10.2. The second-order valence-electron chi connectivity index (χ2n) is 2.47. The molecule has 5 N–H and O–H groups in total. The van der Waals surface area contributed by atoms with E-state index in [2.05, 4.69) is 9.50 Å². The number of nitrogens with one attached hydrogen (secondary N) is 1. The highest BCUT2D eigenvalue weighted by Gasteiger charge is 2.26. The van der Waals surface area contributed by atoms with Crippen LogP contribution in [0.5, 0.6) is 0 Å². The molecule has 2 atom stereocenters. The first-order valence-electron chi connectivity index (χ1n) is 3.45. The molecule has 0 bridgehead atoms. The van der Waals surface area contributed by atoms with Crippen molar-refractivity contribution in [2.24, 2.45) is 0 Å². The monoisotopic (exact) mass is 215 g/mol. The van der Waals surface area contributed by atoms with Crippen molar-refractivity contribution >= 4 is 11.4 Å². The van der Waals surface area contributed by atoms with E-state index in [4.69, 9.17) is 19.9 Å². The Bertz CT molecular complexity index is 169. The van der Waals surface area contributed by atoms with Crippen molar-refractivity contribution < 1.29 is 28.3 Å². The summed E-state index contributed by atoms with van der Waals surface area (Å²) in [6.45, 7) is 0.107. The van der Waals surface area contributed by atoms with Crippen molar-refractivity contribution in [3.8, 4) is 0 Å². The molecule has 0 aliphatic rings. The molecule has 7 nitrogen and oxygen atoms in total. The normalized spacial score (nSPS) is 17.0. The van der Waals surface area contributed by atoms with Gasteiger partial charge in [0.1, 0.15) is 0 Å². The first-order chi connectivity index (χ1) is 5.85. The first kappa shape index (κ1) is 12.9. The van der Waals surface area contributed by atoms with E-state index in [0.29, 0.717) is 0 Å². The zero-order valence-electron chi connectivity index (χ0n) is 7.01. The van der Waals surface area contributed by atoms with Crippen LogP contribution in [0.15, 0.2) is 0 Å². The average molecular weight is 215 g/mol. The van der Waals surface area contributed by atoms with Gasteiger partial charge >= 0.3 is 11.4 Å². The van der Waals surface area contributed by atoms with Gasteiger partial charge in [0.25, 0.3) is 5.97 Å². The molecule has 80 valence electrons. The van der Waals surface area contributed by atoms with Gasteiger partial charge in [0, 0.05) is 6.54 Å². The molecule has 0 aliphatic heterocycles. The molecule has 0 saturated carbocycles. The van der Waals surface area contributed by atoms with E-state index in [1.54, 1.807) is 7.05 Å². The van der Waals surface area contributed by atoms with Gasteiger partial charge in [0.15, 0.2) is 0 Å². The van der Waals surface area contributed by atoms with Crippen LogP contribution >= 0.6 is 0 Å². The SMILES string of the molecule is CNCC(CC(O)(O)O)OS(=O)O. The molecule has 0 aromatic rings. The molecule has 2 unspecified atom stereocenters. The summed E-state index contributed by atoms with van der Waals surface area (Å²) in [5.41, 5.74) is 0. The largest absolute Gasteiger partial charge is 0.344 e. The van der Waals surface area contributed by atoms with Gasteiger partial charge in [-0.1, -0.05) is 0 Å². The topological polar surface area (TPSA) is 119 Å². The minimum absolute atomic E-state index is 0.107.